The van der Waals surface area contributed by atoms with Gasteiger partial charge in [-0.3, -0.25) is 0 Å². The van der Waals surface area contributed by atoms with Crippen LogP contribution in [0.3, 0.4) is 0 Å². The van der Waals surface area contributed by atoms with Crippen molar-refractivity contribution in [1.82, 2.24) is 0 Å². The van der Waals surface area contributed by atoms with Gasteiger partial charge >= 0.3 is 0 Å². The molecule has 0 bridgehead atoms. The molecule has 0 saturated carbocycles. The average molecular weight is 296 g/mol. The third kappa shape index (κ3) is 5.99. The molecule has 124 valence electrons. The molecule has 0 unspecified atom stereocenters. The van der Waals surface area contributed by atoms with Crippen LogP contribution < -0.4 is 0 Å². The number of hydrogen-bond acceptors (Lipinski definition) is 2. The zero-order chi connectivity index (χ0) is 17.1. The molecule has 0 aromatic heterocycles. The van der Waals surface area contributed by atoms with Crippen molar-refractivity contribution in [1.29, 1.82) is 5.26 Å². The van der Waals surface area contributed by atoms with Gasteiger partial charge in [0.2, 0.25) is 0 Å². The normalized spacial score (nSPS) is 14.4. The summed E-state index contributed by atoms with van der Waals surface area (Å²) in [6, 6.07) is 2.41. The highest BCUT2D eigenvalue weighted by molar-refractivity contribution is 5.00. The Labute approximate surface area is 133 Å². The summed E-state index contributed by atoms with van der Waals surface area (Å²) in [6.45, 7) is 22.7. The van der Waals surface area contributed by atoms with Gasteiger partial charge in [-0.1, -0.05) is 41.5 Å². The van der Waals surface area contributed by atoms with Crippen LogP contribution in [0.25, 0.3) is 0 Å². The maximum absolute atomic E-state index is 9.28. The van der Waals surface area contributed by atoms with Crippen LogP contribution in [0.15, 0.2) is 0 Å². The van der Waals surface area contributed by atoms with Gasteiger partial charge in [-0.15, -0.1) is 0 Å². The van der Waals surface area contributed by atoms with Crippen LogP contribution in [0, 0.1) is 33.5 Å². The molecule has 0 fully saturated rings. The minimum Gasteiger partial charge on any atom is -0.375 e. The molecule has 0 N–H and O–H groups in total. The van der Waals surface area contributed by atoms with E-state index in [2.05, 4.69) is 61.5 Å². The zero-order valence-electron chi connectivity index (χ0n) is 16.1. The molecule has 0 saturated heterocycles. The second-order valence-electron chi connectivity index (χ2n) is 9.31. The Bertz CT molecular complexity index is 370. The monoisotopic (exact) mass is 295 g/mol. The van der Waals surface area contributed by atoms with Crippen molar-refractivity contribution in [2.75, 3.05) is 6.61 Å². The van der Waals surface area contributed by atoms with Gasteiger partial charge in [0.15, 0.2) is 0 Å². The van der Waals surface area contributed by atoms with E-state index in [1.54, 1.807) is 0 Å². The van der Waals surface area contributed by atoms with Gasteiger partial charge in [0.05, 0.1) is 17.1 Å². The first-order chi connectivity index (χ1) is 9.17. The SMILES string of the molecule is CC(C)C(C)(C)CCOC(C)(C)C(C)(C)CC(C)(C)C#N. The van der Waals surface area contributed by atoms with Crippen LogP contribution in [0.2, 0.25) is 0 Å². The lowest BCUT2D eigenvalue weighted by molar-refractivity contribution is -0.115. The number of rotatable bonds is 8. The summed E-state index contributed by atoms with van der Waals surface area (Å²) in [5.74, 6) is 0.648. The summed E-state index contributed by atoms with van der Waals surface area (Å²) in [5, 5.41) is 9.28. The third-order valence-electron chi connectivity index (χ3n) is 5.59. The number of ether oxygens (including phenoxy) is 1. The van der Waals surface area contributed by atoms with E-state index in [0.29, 0.717) is 11.3 Å². The summed E-state index contributed by atoms with van der Waals surface area (Å²) >= 11 is 0. The van der Waals surface area contributed by atoms with Gasteiger partial charge < -0.3 is 4.74 Å². The first-order valence-corrected chi connectivity index (χ1v) is 8.22. The number of nitrogens with zero attached hydrogens (tertiary/aromatic N) is 1. The molecule has 0 aromatic carbocycles. The minimum absolute atomic E-state index is 0.0474. The largest absolute Gasteiger partial charge is 0.375 e. The maximum Gasteiger partial charge on any atom is 0.0684 e. The van der Waals surface area contributed by atoms with Crippen LogP contribution in [0.5, 0.6) is 0 Å². The van der Waals surface area contributed by atoms with Crippen LogP contribution in [0.1, 0.15) is 82.1 Å². The third-order valence-corrected chi connectivity index (χ3v) is 5.59. The highest BCUT2D eigenvalue weighted by Crippen LogP contribution is 2.43. The van der Waals surface area contributed by atoms with Gasteiger partial charge in [-0.2, -0.15) is 5.26 Å². The smallest absolute Gasteiger partial charge is 0.0684 e. The molecular formula is C19H37NO. The van der Waals surface area contributed by atoms with Crippen molar-refractivity contribution >= 4 is 0 Å². The highest BCUT2D eigenvalue weighted by atomic mass is 16.5. The fourth-order valence-corrected chi connectivity index (χ4v) is 2.41. The summed E-state index contributed by atoms with van der Waals surface area (Å²) in [5.41, 5.74) is -0.310. The zero-order valence-corrected chi connectivity index (χ0v) is 16.1. The van der Waals surface area contributed by atoms with Crippen molar-refractivity contribution in [2.24, 2.45) is 22.2 Å². The lowest BCUT2D eigenvalue weighted by atomic mass is 9.67. The molecule has 0 aliphatic rings. The Morgan fingerprint density at radius 2 is 1.43 bits per heavy atom. The van der Waals surface area contributed by atoms with E-state index < -0.39 is 0 Å². The molecule has 0 atom stereocenters. The number of nitriles is 1. The Balaban J connectivity index is 4.72. The second-order valence-corrected chi connectivity index (χ2v) is 9.31. The Morgan fingerprint density at radius 3 is 1.81 bits per heavy atom. The van der Waals surface area contributed by atoms with E-state index in [1.807, 2.05) is 13.8 Å². The predicted molar refractivity (Wildman–Crippen MR) is 91.1 cm³/mol. The fourth-order valence-electron chi connectivity index (χ4n) is 2.41. The first kappa shape index (κ1) is 20.5. The van der Waals surface area contributed by atoms with Crippen molar-refractivity contribution in [3.63, 3.8) is 0 Å². The average Bonchev–Trinajstić information content (AvgIpc) is 2.26. The van der Waals surface area contributed by atoms with Crippen molar-refractivity contribution in [3.05, 3.63) is 0 Å². The summed E-state index contributed by atoms with van der Waals surface area (Å²) < 4.78 is 6.26. The van der Waals surface area contributed by atoms with Crippen LogP contribution >= 0.6 is 0 Å². The summed E-state index contributed by atoms with van der Waals surface area (Å²) in [7, 11) is 0. The van der Waals surface area contributed by atoms with E-state index in [0.717, 1.165) is 19.4 Å². The molecule has 0 radical (unpaired) electrons. The van der Waals surface area contributed by atoms with E-state index >= 15 is 0 Å². The molecule has 0 rings (SSSR count). The predicted octanol–water partition coefficient (Wildman–Crippen LogP) is 5.82. The molecule has 2 nitrogen and oxygen atoms in total. The van der Waals surface area contributed by atoms with Crippen molar-refractivity contribution in [3.8, 4) is 6.07 Å². The summed E-state index contributed by atoms with van der Waals surface area (Å²) in [4.78, 5) is 0. The lowest BCUT2D eigenvalue weighted by Crippen LogP contribution is -2.44. The van der Waals surface area contributed by atoms with E-state index in [9.17, 15) is 5.26 Å². The van der Waals surface area contributed by atoms with Gasteiger partial charge in [-0.25, -0.2) is 0 Å². The van der Waals surface area contributed by atoms with Gasteiger partial charge in [0, 0.05) is 6.61 Å². The minimum atomic E-state index is -0.318. The molecule has 0 aliphatic carbocycles. The van der Waals surface area contributed by atoms with Crippen LogP contribution in [-0.2, 0) is 4.74 Å². The molecule has 0 aromatic rings. The molecular weight excluding hydrogens is 258 g/mol. The highest BCUT2D eigenvalue weighted by Gasteiger charge is 2.42. The van der Waals surface area contributed by atoms with Gasteiger partial charge in [0.1, 0.15) is 0 Å². The Kier molecular flexibility index (Phi) is 6.52. The van der Waals surface area contributed by atoms with E-state index in [1.165, 1.54) is 0 Å². The van der Waals surface area contributed by atoms with Crippen LogP contribution in [0.4, 0.5) is 0 Å². The lowest BCUT2D eigenvalue weighted by Gasteiger charge is -2.44. The molecule has 0 spiro atoms. The van der Waals surface area contributed by atoms with Gasteiger partial charge in [-0.05, 0) is 57.3 Å². The standard InChI is InChI=1S/C19H37NO/c1-15(2)17(5,6)11-12-21-19(9,10)18(7,8)13-16(3,4)14-20/h15H,11-13H2,1-10H3. The molecule has 0 heterocycles. The molecule has 0 amide bonds. The topological polar surface area (TPSA) is 33.0 Å². The van der Waals surface area contributed by atoms with Gasteiger partial charge in [0.25, 0.3) is 0 Å². The second kappa shape index (κ2) is 6.69. The van der Waals surface area contributed by atoms with Crippen molar-refractivity contribution < 1.29 is 4.74 Å². The maximum atomic E-state index is 9.28. The molecule has 21 heavy (non-hydrogen) atoms. The Morgan fingerprint density at radius 1 is 0.952 bits per heavy atom. The molecule has 0 aliphatic heterocycles. The first-order valence-electron chi connectivity index (χ1n) is 8.22. The molecule has 2 heteroatoms. The van der Waals surface area contributed by atoms with Crippen molar-refractivity contribution in [2.45, 2.75) is 87.7 Å². The Hall–Kier alpha value is -0.550. The fraction of sp³-hybridized carbons (Fsp3) is 0.947. The van der Waals surface area contributed by atoms with E-state index in [-0.39, 0.29) is 16.4 Å². The quantitative estimate of drug-likeness (QED) is 0.565. The van der Waals surface area contributed by atoms with E-state index in [4.69, 9.17) is 4.74 Å². The van der Waals surface area contributed by atoms with Crippen LogP contribution in [-0.4, -0.2) is 12.2 Å². The summed E-state index contributed by atoms with van der Waals surface area (Å²) in [6.07, 6.45) is 1.89. The number of hydrogen-bond donors (Lipinski definition) is 0.